The van der Waals surface area contributed by atoms with Crippen LogP contribution in [0, 0.1) is 5.92 Å². The van der Waals surface area contributed by atoms with Crippen molar-refractivity contribution in [3.63, 3.8) is 0 Å². The Hall–Kier alpha value is -0.750. The number of hydrogen-bond acceptors (Lipinski definition) is 3. The molecule has 0 atom stereocenters. The van der Waals surface area contributed by atoms with Gasteiger partial charge in [-0.05, 0) is 25.3 Å². The number of halogens is 2. The number of alkyl halides is 2. The van der Waals surface area contributed by atoms with E-state index in [0.717, 1.165) is 6.54 Å². The van der Waals surface area contributed by atoms with Crippen molar-refractivity contribution in [2.75, 3.05) is 26.2 Å². The van der Waals surface area contributed by atoms with Crippen LogP contribution in [0.3, 0.4) is 0 Å². The van der Waals surface area contributed by atoms with Gasteiger partial charge in [0.05, 0.1) is 19.6 Å². The lowest BCUT2D eigenvalue weighted by atomic mass is 10.3. The fraction of sp³-hybridized carbons (Fsp3) is 0.889. The van der Waals surface area contributed by atoms with Gasteiger partial charge in [-0.3, -0.25) is 4.79 Å². The van der Waals surface area contributed by atoms with Crippen LogP contribution in [0.15, 0.2) is 0 Å². The van der Waals surface area contributed by atoms with Gasteiger partial charge < -0.3 is 16.4 Å². The minimum absolute atomic E-state index is 0.0944. The summed E-state index contributed by atoms with van der Waals surface area (Å²) in [5.74, 6) is -2.75. The number of nitrogens with two attached hydrogens (primary N) is 1. The van der Waals surface area contributed by atoms with E-state index in [1.54, 1.807) is 0 Å². The van der Waals surface area contributed by atoms with Crippen LogP contribution < -0.4 is 16.4 Å². The van der Waals surface area contributed by atoms with Gasteiger partial charge in [0.2, 0.25) is 5.91 Å². The molecule has 6 heteroatoms. The second-order valence-electron chi connectivity index (χ2n) is 3.91. The predicted octanol–water partition coefficient (Wildman–Crippen LogP) is -0.304. The molecule has 0 unspecified atom stereocenters. The van der Waals surface area contributed by atoms with Crippen molar-refractivity contribution in [1.82, 2.24) is 10.6 Å². The van der Waals surface area contributed by atoms with Crippen molar-refractivity contribution < 1.29 is 13.6 Å². The Kier molecular flexibility index (Phi) is 4.41. The van der Waals surface area contributed by atoms with E-state index in [4.69, 9.17) is 5.73 Å². The normalized spacial score (nSPS) is 16.5. The zero-order chi connectivity index (χ0) is 11.3. The molecular weight excluding hydrogens is 204 g/mol. The average molecular weight is 221 g/mol. The second-order valence-corrected chi connectivity index (χ2v) is 3.91. The molecule has 1 rings (SSSR count). The summed E-state index contributed by atoms with van der Waals surface area (Å²) in [6.45, 7) is -0.548. The van der Waals surface area contributed by atoms with Crippen LogP contribution >= 0.6 is 0 Å². The highest BCUT2D eigenvalue weighted by Crippen LogP contribution is 2.27. The summed E-state index contributed by atoms with van der Waals surface area (Å²) in [6, 6.07) is 0. The van der Waals surface area contributed by atoms with Crippen molar-refractivity contribution in [3.05, 3.63) is 0 Å². The molecule has 1 aliphatic carbocycles. The van der Waals surface area contributed by atoms with E-state index in [2.05, 4.69) is 10.6 Å². The summed E-state index contributed by atoms with van der Waals surface area (Å²) < 4.78 is 25.2. The van der Waals surface area contributed by atoms with Crippen LogP contribution in [0.1, 0.15) is 12.8 Å². The van der Waals surface area contributed by atoms with Gasteiger partial charge >= 0.3 is 0 Å². The Labute approximate surface area is 87.6 Å². The van der Waals surface area contributed by atoms with E-state index >= 15 is 0 Å². The number of amides is 1. The molecule has 1 fully saturated rings. The Morgan fingerprint density at radius 1 is 1.47 bits per heavy atom. The second kappa shape index (κ2) is 5.37. The van der Waals surface area contributed by atoms with Gasteiger partial charge in [0.15, 0.2) is 0 Å². The van der Waals surface area contributed by atoms with E-state index in [9.17, 15) is 13.6 Å². The molecule has 4 N–H and O–H groups in total. The van der Waals surface area contributed by atoms with Crippen molar-refractivity contribution in [1.29, 1.82) is 0 Å². The van der Waals surface area contributed by atoms with E-state index in [1.807, 2.05) is 0 Å². The maximum atomic E-state index is 12.6. The van der Waals surface area contributed by atoms with Crippen LogP contribution in [0.5, 0.6) is 0 Å². The summed E-state index contributed by atoms with van der Waals surface area (Å²) in [4.78, 5) is 11.1. The highest BCUT2D eigenvalue weighted by Gasteiger charge is 2.27. The summed E-state index contributed by atoms with van der Waals surface area (Å²) in [7, 11) is 0. The zero-order valence-electron chi connectivity index (χ0n) is 8.56. The number of carbonyl (C=O) groups excluding carboxylic acids is 1. The van der Waals surface area contributed by atoms with Crippen LogP contribution in [0.2, 0.25) is 0 Å². The first-order chi connectivity index (χ1) is 7.03. The maximum absolute atomic E-state index is 12.6. The topological polar surface area (TPSA) is 67.1 Å². The smallest absolute Gasteiger partial charge is 0.277 e. The number of rotatable bonds is 7. The van der Waals surface area contributed by atoms with Crippen molar-refractivity contribution >= 4 is 5.91 Å². The first-order valence-electron chi connectivity index (χ1n) is 5.09. The fourth-order valence-corrected chi connectivity index (χ4v) is 1.07. The van der Waals surface area contributed by atoms with E-state index in [0.29, 0.717) is 5.92 Å². The van der Waals surface area contributed by atoms with E-state index in [1.165, 1.54) is 12.8 Å². The molecule has 0 aromatic carbocycles. The molecule has 4 nitrogen and oxygen atoms in total. The molecule has 0 radical (unpaired) electrons. The first-order valence-corrected chi connectivity index (χ1v) is 5.09. The average Bonchev–Trinajstić information content (AvgIpc) is 2.99. The van der Waals surface area contributed by atoms with E-state index < -0.39 is 24.9 Å². The molecule has 0 saturated heterocycles. The fourth-order valence-electron chi connectivity index (χ4n) is 1.07. The molecule has 88 valence electrons. The molecule has 0 spiro atoms. The molecule has 0 aromatic rings. The molecule has 1 amide bonds. The lowest BCUT2D eigenvalue weighted by Gasteiger charge is -2.14. The van der Waals surface area contributed by atoms with Gasteiger partial charge in [-0.1, -0.05) is 0 Å². The Morgan fingerprint density at radius 3 is 2.67 bits per heavy atom. The highest BCUT2D eigenvalue weighted by atomic mass is 19.3. The molecule has 1 saturated carbocycles. The third-order valence-electron chi connectivity index (χ3n) is 2.26. The quantitative estimate of drug-likeness (QED) is 0.553. The summed E-state index contributed by atoms with van der Waals surface area (Å²) in [5, 5.41) is 5.05. The lowest BCUT2D eigenvalue weighted by Crippen LogP contribution is -2.44. The SMILES string of the molecule is NCC(F)(F)CNC(=O)CNCC1CC1. The van der Waals surface area contributed by atoms with Crippen molar-refractivity contribution in [3.8, 4) is 0 Å². The molecule has 0 heterocycles. The summed E-state index contributed by atoms with van der Waals surface area (Å²) in [6.07, 6.45) is 2.39. The van der Waals surface area contributed by atoms with Gasteiger partial charge in [-0.15, -0.1) is 0 Å². The van der Waals surface area contributed by atoms with E-state index in [-0.39, 0.29) is 6.54 Å². The van der Waals surface area contributed by atoms with Crippen LogP contribution in [0.25, 0.3) is 0 Å². The van der Waals surface area contributed by atoms with Gasteiger partial charge in [0.25, 0.3) is 5.92 Å². The molecule has 15 heavy (non-hydrogen) atoms. The van der Waals surface area contributed by atoms with Gasteiger partial charge in [0, 0.05) is 0 Å². The molecule has 1 aliphatic rings. The van der Waals surface area contributed by atoms with Gasteiger partial charge in [-0.25, -0.2) is 8.78 Å². The summed E-state index contributed by atoms with van der Waals surface area (Å²) in [5.41, 5.74) is 4.82. The monoisotopic (exact) mass is 221 g/mol. The molecule has 0 aliphatic heterocycles. The minimum atomic E-state index is -3.01. The minimum Gasteiger partial charge on any atom is -0.349 e. The molecular formula is C9H17F2N3O. The number of carbonyl (C=O) groups is 1. The number of hydrogen-bond donors (Lipinski definition) is 3. The van der Waals surface area contributed by atoms with Crippen molar-refractivity contribution in [2.24, 2.45) is 11.7 Å². The van der Waals surface area contributed by atoms with Crippen LogP contribution in [0.4, 0.5) is 8.78 Å². The first kappa shape index (κ1) is 12.3. The highest BCUT2D eigenvalue weighted by molar-refractivity contribution is 5.78. The number of nitrogens with one attached hydrogen (secondary N) is 2. The third-order valence-corrected chi connectivity index (χ3v) is 2.26. The van der Waals surface area contributed by atoms with Gasteiger partial charge in [-0.2, -0.15) is 0 Å². The van der Waals surface area contributed by atoms with Gasteiger partial charge in [0.1, 0.15) is 0 Å². The lowest BCUT2D eigenvalue weighted by molar-refractivity contribution is -0.122. The maximum Gasteiger partial charge on any atom is 0.277 e. The van der Waals surface area contributed by atoms with Crippen molar-refractivity contribution in [2.45, 2.75) is 18.8 Å². The molecule has 0 aromatic heterocycles. The Balaban J connectivity index is 2.01. The standard InChI is InChI=1S/C9H17F2N3O/c10-9(11,5-12)6-14-8(15)4-13-3-7-1-2-7/h7,13H,1-6,12H2,(H,14,15). The zero-order valence-corrected chi connectivity index (χ0v) is 8.56. The molecule has 0 bridgehead atoms. The summed E-state index contributed by atoms with van der Waals surface area (Å²) >= 11 is 0. The van der Waals surface area contributed by atoms with Crippen LogP contribution in [-0.4, -0.2) is 38.0 Å². The third kappa shape index (κ3) is 5.64. The predicted molar refractivity (Wildman–Crippen MR) is 52.6 cm³/mol. The largest absolute Gasteiger partial charge is 0.349 e. The van der Waals surface area contributed by atoms with Crippen LogP contribution in [-0.2, 0) is 4.79 Å². The Morgan fingerprint density at radius 2 is 2.13 bits per heavy atom. The Bertz CT molecular complexity index is 219.